The van der Waals surface area contributed by atoms with E-state index in [0.717, 1.165) is 32.1 Å². The van der Waals surface area contributed by atoms with Crippen molar-refractivity contribution >= 4 is 5.97 Å². The topological polar surface area (TPSA) is 46.5 Å². The van der Waals surface area contributed by atoms with E-state index in [1.807, 2.05) is 12.1 Å². The van der Waals surface area contributed by atoms with Crippen molar-refractivity contribution in [1.29, 1.82) is 0 Å². The van der Waals surface area contributed by atoms with Crippen LogP contribution in [0.25, 0.3) is 0 Å². The summed E-state index contributed by atoms with van der Waals surface area (Å²) in [6.45, 7) is 2.14. The van der Waals surface area contributed by atoms with Gasteiger partial charge in [-0.15, -0.1) is 0 Å². The highest BCUT2D eigenvalue weighted by Gasteiger charge is 2.52. The van der Waals surface area contributed by atoms with Gasteiger partial charge in [0, 0.05) is 12.3 Å². The Labute approximate surface area is 125 Å². The number of phenols is 1. The number of esters is 1. The van der Waals surface area contributed by atoms with E-state index in [4.69, 9.17) is 4.74 Å². The van der Waals surface area contributed by atoms with Crippen LogP contribution in [0, 0.1) is 11.8 Å². The number of benzene rings is 1. The van der Waals surface area contributed by atoms with E-state index in [9.17, 15) is 9.90 Å². The van der Waals surface area contributed by atoms with Crippen molar-refractivity contribution in [3.8, 4) is 5.75 Å². The molecule has 1 saturated carbocycles. The molecule has 2 fully saturated rings. The molecule has 2 aliphatic carbocycles. The highest BCUT2D eigenvalue weighted by Crippen LogP contribution is 2.55. The van der Waals surface area contributed by atoms with Gasteiger partial charge in [0.15, 0.2) is 0 Å². The highest BCUT2D eigenvalue weighted by molar-refractivity contribution is 5.71. The molecule has 1 aromatic rings. The van der Waals surface area contributed by atoms with Gasteiger partial charge in [-0.05, 0) is 74.1 Å². The summed E-state index contributed by atoms with van der Waals surface area (Å²) in [6.07, 6.45) is 5.79. The van der Waals surface area contributed by atoms with Crippen LogP contribution in [0.15, 0.2) is 18.2 Å². The standard InChI is InChI=1S/C18H22O3/c1-18-9-8-14-13-5-3-12(19)10-11(13)2-4-15(14)16(18)6-7-17(20)21-18/h3,5,10,14-16,19H,2,4,6-9H2,1H3/t14-,15-,16+,18+/m1/s1. The Balaban J connectivity index is 1.69. The second kappa shape index (κ2) is 4.49. The van der Waals surface area contributed by atoms with Crippen molar-refractivity contribution in [2.75, 3.05) is 0 Å². The molecule has 1 saturated heterocycles. The lowest BCUT2D eigenvalue weighted by Gasteiger charge is -2.53. The zero-order chi connectivity index (χ0) is 14.6. The van der Waals surface area contributed by atoms with Gasteiger partial charge in [0.1, 0.15) is 11.4 Å². The number of hydrogen-bond acceptors (Lipinski definition) is 3. The van der Waals surface area contributed by atoms with Crippen LogP contribution in [-0.2, 0) is 16.0 Å². The minimum Gasteiger partial charge on any atom is -0.508 e. The summed E-state index contributed by atoms with van der Waals surface area (Å²) < 4.78 is 5.75. The molecule has 0 unspecified atom stereocenters. The predicted molar refractivity (Wildman–Crippen MR) is 79.1 cm³/mol. The lowest BCUT2D eigenvalue weighted by Crippen LogP contribution is -2.52. The van der Waals surface area contributed by atoms with Gasteiger partial charge >= 0.3 is 5.97 Å². The van der Waals surface area contributed by atoms with E-state index in [0.29, 0.717) is 29.9 Å². The Hall–Kier alpha value is -1.51. The zero-order valence-corrected chi connectivity index (χ0v) is 12.5. The number of hydrogen-bond donors (Lipinski definition) is 1. The van der Waals surface area contributed by atoms with Crippen molar-refractivity contribution in [2.45, 2.75) is 57.0 Å². The van der Waals surface area contributed by atoms with Crippen LogP contribution in [0.3, 0.4) is 0 Å². The van der Waals surface area contributed by atoms with Gasteiger partial charge in [0.2, 0.25) is 0 Å². The number of carbonyl (C=O) groups excluding carboxylic acids is 1. The molecule has 1 aromatic carbocycles. The molecule has 0 radical (unpaired) electrons. The molecule has 0 amide bonds. The van der Waals surface area contributed by atoms with Crippen molar-refractivity contribution < 1.29 is 14.6 Å². The van der Waals surface area contributed by atoms with Crippen molar-refractivity contribution in [2.24, 2.45) is 11.8 Å². The Bertz CT molecular complexity index is 594. The van der Waals surface area contributed by atoms with E-state index >= 15 is 0 Å². The number of aryl methyl sites for hydroxylation is 1. The fraction of sp³-hybridized carbons (Fsp3) is 0.611. The molecule has 4 atom stereocenters. The molecule has 3 nitrogen and oxygen atoms in total. The number of carbonyl (C=O) groups is 1. The van der Waals surface area contributed by atoms with Gasteiger partial charge < -0.3 is 9.84 Å². The molecule has 4 rings (SSSR count). The number of rotatable bonds is 0. The van der Waals surface area contributed by atoms with Crippen molar-refractivity contribution in [3.63, 3.8) is 0 Å². The molecule has 3 aliphatic rings. The van der Waals surface area contributed by atoms with Gasteiger partial charge in [-0.3, -0.25) is 4.79 Å². The van der Waals surface area contributed by atoms with E-state index in [-0.39, 0.29) is 11.6 Å². The molecule has 112 valence electrons. The van der Waals surface area contributed by atoms with Gasteiger partial charge in [0.25, 0.3) is 0 Å². The molecular formula is C18H22O3. The van der Waals surface area contributed by atoms with Crippen LogP contribution in [0.1, 0.15) is 56.1 Å². The van der Waals surface area contributed by atoms with Gasteiger partial charge in [-0.25, -0.2) is 0 Å². The van der Waals surface area contributed by atoms with Crippen molar-refractivity contribution in [3.05, 3.63) is 29.3 Å². The molecule has 1 aliphatic heterocycles. The second-order valence-electron chi connectivity index (χ2n) is 7.16. The Morgan fingerprint density at radius 2 is 2.10 bits per heavy atom. The Kier molecular flexibility index (Phi) is 2.82. The third-order valence-corrected chi connectivity index (χ3v) is 6.05. The van der Waals surface area contributed by atoms with Gasteiger partial charge in [0.05, 0.1) is 0 Å². The first-order valence-electron chi connectivity index (χ1n) is 8.10. The van der Waals surface area contributed by atoms with E-state index in [2.05, 4.69) is 13.0 Å². The highest BCUT2D eigenvalue weighted by atomic mass is 16.6. The normalized spacial score (nSPS) is 38.0. The number of fused-ring (bicyclic) bond motifs is 5. The Morgan fingerprint density at radius 3 is 2.95 bits per heavy atom. The third kappa shape index (κ3) is 1.97. The summed E-state index contributed by atoms with van der Waals surface area (Å²) in [5, 5.41) is 9.68. The molecule has 21 heavy (non-hydrogen) atoms. The first-order chi connectivity index (χ1) is 10.1. The molecule has 1 heterocycles. The van der Waals surface area contributed by atoms with E-state index < -0.39 is 0 Å². The van der Waals surface area contributed by atoms with Crippen LogP contribution in [-0.4, -0.2) is 16.7 Å². The Morgan fingerprint density at radius 1 is 1.24 bits per heavy atom. The van der Waals surface area contributed by atoms with Crippen LogP contribution >= 0.6 is 0 Å². The first kappa shape index (κ1) is 13.2. The third-order valence-electron chi connectivity index (χ3n) is 6.05. The maximum absolute atomic E-state index is 11.7. The van der Waals surface area contributed by atoms with Gasteiger partial charge in [-0.2, -0.15) is 0 Å². The van der Waals surface area contributed by atoms with E-state index in [1.165, 1.54) is 11.1 Å². The molecular weight excluding hydrogens is 264 g/mol. The molecule has 0 spiro atoms. The molecule has 3 heteroatoms. The smallest absolute Gasteiger partial charge is 0.306 e. The average Bonchev–Trinajstić information content (AvgIpc) is 2.45. The van der Waals surface area contributed by atoms with E-state index in [1.54, 1.807) is 0 Å². The van der Waals surface area contributed by atoms with Crippen LogP contribution in [0.5, 0.6) is 5.75 Å². The second-order valence-corrected chi connectivity index (χ2v) is 7.16. The van der Waals surface area contributed by atoms with Crippen LogP contribution < -0.4 is 0 Å². The number of ether oxygens (including phenoxy) is 1. The predicted octanol–water partition coefficient (Wildman–Crippen LogP) is 3.54. The van der Waals surface area contributed by atoms with Crippen LogP contribution in [0.4, 0.5) is 0 Å². The zero-order valence-electron chi connectivity index (χ0n) is 12.5. The lowest BCUT2D eigenvalue weighted by molar-refractivity contribution is -0.185. The lowest BCUT2D eigenvalue weighted by atomic mass is 9.57. The summed E-state index contributed by atoms with van der Waals surface area (Å²) in [6, 6.07) is 5.86. The summed E-state index contributed by atoms with van der Waals surface area (Å²) in [5.41, 5.74) is 2.49. The minimum atomic E-state index is -0.245. The van der Waals surface area contributed by atoms with Gasteiger partial charge in [-0.1, -0.05) is 6.07 Å². The first-order valence-corrected chi connectivity index (χ1v) is 8.10. The molecule has 1 N–H and O–H groups in total. The molecule has 0 bridgehead atoms. The fourth-order valence-corrected chi connectivity index (χ4v) is 5.09. The number of phenolic OH excluding ortho intramolecular Hbond substituents is 1. The average molecular weight is 286 g/mol. The van der Waals surface area contributed by atoms with Crippen molar-refractivity contribution in [1.82, 2.24) is 0 Å². The maximum Gasteiger partial charge on any atom is 0.306 e. The SMILES string of the molecule is C[C@]12CC[C@@H]3c4ccc(O)cc4CC[C@H]3[C@@H]1CCC(=O)O2. The monoisotopic (exact) mass is 286 g/mol. The van der Waals surface area contributed by atoms with Crippen LogP contribution in [0.2, 0.25) is 0 Å². The quantitative estimate of drug-likeness (QED) is 0.742. The summed E-state index contributed by atoms with van der Waals surface area (Å²) in [4.78, 5) is 11.7. The number of aromatic hydroxyl groups is 1. The molecule has 0 aromatic heterocycles. The minimum absolute atomic E-state index is 0.0201. The fourth-order valence-electron chi connectivity index (χ4n) is 5.09. The largest absolute Gasteiger partial charge is 0.508 e. The summed E-state index contributed by atoms with van der Waals surface area (Å²) in [7, 11) is 0. The summed E-state index contributed by atoms with van der Waals surface area (Å²) >= 11 is 0. The maximum atomic E-state index is 11.7. The summed E-state index contributed by atoms with van der Waals surface area (Å²) in [5.74, 6) is 2.04.